The molecule has 0 N–H and O–H groups in total. The predicted molar refractivity (Wildman–Crippen MR) is 51.8 cm³/mol. The summed E-state index contributed by atoms with van der Waals surface area (Å²) in [7, 11) is 0. The van der Waals surface area contributed by atoms with Crippen molar-refractivity contribution in [3.63, 3.8) is 0 Å². The molecule has 0 amide bonds. The van der Waals surface area contributed by atoms with Gasteiger partial charge in [-0.25, -0.2) is 4.39 Å². The smallest absolute Gasteiger partial charge is 0.126 e. The van der Waals surface area contributed by atoms with Crippen LogP contribution in [0.1, 0.15) is 13.8 Å². The van der Waals surface area contributed by atoms with Crippen molar-refractivity contribution in [3.8, 4) is 5.75 Å². The highest BCUT2D eigenvalue weighted by molar-refractivity contribution is 6.18. The zero-order chi connectivity index (χ0) is 9.90. The van der Waals surface area contributed by atoms with Gasteiger partial charge in [0.1, 0.15) is 17.2 Å². The number of hydrogen-bond donors (Lipinski definition) is 0. The average molecular weight is 203 g/mol. The van der Waals surface area contributed by atoms with E-state index in [1.807, 2.05) is 13.8 Å². The summed E-state index contributed by atoms with van der Waals surface area (Å²) in [5.74, 6) is 0.567. The van der Waals surface area contributed by atoms with E-state index in [2.05, 4.69) is 0 Å². The fourth-order valence-corrected chi connectivity index (χ4v) is 0.931. The summed E-state index contributed by atoms with van der Waals surface area (Å²) in [4.78, 5) is 0. The second-order valence-electron chi connectivity index (χ2n) is 3.45. The van der Waals surface area contributed by atoms with Crippen molar-refractivity contribution in [3.05, 3.63) is 30.1 Å². The molecule has 3 heteroatoms. The fourth-order valence-electron chi connectivity index (χ4n) is 0.877. The van der Waals surface area contributed by atoms with Crippen LogP contribution < -0.4 is 4.74 Å². The van der Waals surface area contributed by atoms with Crippen LogP contribution in [0.3, 0.4) is 0 Å². The number of alkyl halides is 1. The lowest BCUT2D eigenvalue weighted by molar-refractivity contribution is 0.134. The summed E-state index contributed by atoms with van der Waals surface area (Å²) in [5.41, 5.74) is -0.463. The minimum atomic E-state index is -0.463. The molecule has 1 aromatic rings. The van der Waals surface area contributed by atoms with Gasteiger partial charge in [0.05, 0.1) is 5.88 Å². The molecule has 0 saturated heterocycles. The molecule has 72 valence electrons. The summed E-state index contributed by atoms with van der Waals surface area (Å²) < 4.78 is 18.2. The zero-order valence-corrected chi connectivity index (χ0v) is 8.44. The van der Waals surface area contributed by atoms with E-state index in [0.29, 0.717) is 11.6 Å². The summed E-state index contributed by atoms with van der Waals surface area (Å²) in [6.45, 7) is 3.70. The van der Waals surface area contributed by atoms with Crippen LogP contribution in [0.25, 0.3) is 0 Å². The molecule has 0 radical (unpaired) electrons. The summed E-state index contributed by atoms with van der Waals surface area (Å²) in [6.07, 6.45) is 0. The third-order valence-corrected chi connectivity index (χ3v) is 2.16. The molecular weight excluding hydrogens is 191 g/mol. The Morgan fingerprint density at radius 1 is 1.46 bits per heavy atom. The molecule has 0 fully saturated rings. The molecule has 0 aromatic heterocycles. The van der Waals surface area contributed by atoms with Gasteiger partial charge in [0.25, 0.3) is 0 Å². The van der Waals surface area contributed by atoms with Crippen LogP contribution >= 0.6 is 11.6 Å². The van der Waals surface area contributed by atoms with Gasteiger partial charge in [-0.1, -0.05) is 6.07 Å². The largest absolute Gasteiger partial charge is 0.487 e. The van der Waals surface area contributed by atoms with Crippen molar-refractivity contribution in [1.82, 2.24) is 0 Å². The quantitative estimate of drug-likeness (QED) is 0.684. The van der Waals surface area contributed by atoms with Crippen LogP contribution in [0.5, 0.6) is 5.75 Å². The Morgan fingerprint density at radius 3 is 2.69 bits per heavy atom. The molecule has 0 heterocycles. The third kappa shape index (κ3) is 3.23. The van der Waals surface area contributed by atoms with Crippen molar-refractivity contribution in [2.24, 2.45) is 0 Å². The number of halogens is 2. The highest BCUT2D eigenvalue weighted by atomic mass is 35.5. The average Bonchev–Trinajstić information content (AvgIpc) is 2.03. The summed E-state index contributed by atoms with van der Waals surface area (Å²) >= 11 is 5.66. The van der Waals surface area contributed by atoms with Gasteiger partial charge in [-0.05, 0) is 26.0 Å². The SMILES string of the molecule is CC(C)(CCl)Oc1cccc(F)c1. The van der Waals surface area contributed by atoms with E-state index in [0.717, 1.165) is 0 Å². The van der Waals surface area contributed by atoms with E-state index in [4.69, 9.17) is 16.3 Å². The predicted octanol–water partition coefficient (Wildman–Crippen LogP) is 3.22. The lowest BCUT2D eigenvalue weighted by Gasteiger charge is -2.23. The van der Waals surface area contributed by atoms with E-state index >= 15 is 0 Å². The molecule has 0 spiro atoms. The minimum absolute atomic E-state index is 0.303. The van der Waals surface area contributed by atoms with Crippen LogP contribution in [0.15, 0.2) is 24.3 Å². The first-order valence-electron chi connectivity index (χ1n) is 4.04. The van der Waals surface area contributed by atoms with Gasteiger partial charge < -0.3 is 4.74 Å². The maximum Gasteiger partial charge on any atom is 0.126 e. The van der Waals surface area contributed by atoms with Crippen molar-refractivity contribution >= 4 is 11.6 Å². The van der Waals surface area contributed by atoms with Crippen LogP contribution in [0.4, 0.5) is 4.39 Å². The highest BCUT2D eigenvalue weighted by Crippen LogP contribution is 2.19. The Morgan fingerprint density at radius 2 is 2.15 bits per heavy atom. The second kappa shape index (κ2) is 3.97. The third-order valence-electron chi connectivity index (χ3n) is 1.51. The molecule has 0 saturated carbocycles. The van der Waals surface area contributed by atoms with E-state index < -0.39 is 5.60 Å². The molecule has 1 rings (SSSR count). The standard InChI is InChI=1S/C10H12ClFO/c1-10(2,7-11)13-9-5-3-4-8(12)6-9/h3-6H,7H2,1-2H3. The monoisotopic (exact) mass is 202 g/mol. The summed E-state index contributed by atoms with van der Waals surface area (Å²) in [5, 5.41) is 0. The molecule has 0 aliphatic rings. The molecule has 0 atom stereocenters. The van der Waals surface area contributed by atoms with Gasteiger partial charge in [0, 0.05) is 6.07 Å². The maximum absolute atomic E-state index is 12.7. The second-order valence-corrected chi connectivity index (χ2v) is 3.72. The van der Waals surface area contributed by atoms with Crippen LogP contribution in [0, 0.1) is 5.82 Å². The number of benzene rings is 1. The first-order chi connectivity index (χ1) is 6.03. The number of ether oxygens (including phenoxy) is 1. The number of hydrogen-bond acceptors (Lipinski definition) is 1. The Balaban J connectivity index is 2.74. The van der Waals surface area contributed by atoms with Crippen LogP contribution in [-0.2, 0) is 0 Å². The molecule has 0 aliphatic heterocycles. The van der Waals surface area contributed by atoms with Gasteiger partial charge in [0.15, 0.2) is 0 Å². The maximum atomic E-state index is 12.7. The molecule has 0 aliphatic carbocycles. The first-order valence-corrected chi connectivity index (χ1v) is 4.57. The topological polar surface area (TPSA) is 9.23 Å². The number of rotatable bonds is 3. The minimum Gasteiger partial charge on any atom is -0.487 e. The van der Waals surface area contributed by atoms with Crippen LogP contribution in [0.2, 0.25) is 0 Å². The van der Waals surface area contributed by atoms with Crippen LogP contribution in [-0.4, -0.2) is 11.5 Å². The lowest BCUT2D eigenvalue weighted by Crippen LogP contribution is -2.30. The van der Waals surface area contributed by atoms with E-state index in [-0.39, 0.29) is 5.82 Å². The molecule has 0 bridgehead atoms. The van der Waals surface area contributed by atoms with E-state index in [1.165, 1.54) is 12.1 Å². The van der Waals surface area contributed by atoms with Gasteiger partial charge in [-0.15, -0.1) is 11.6 Å². The molecule has 1 nitrogen and oxygen atoms in total. The van der Waals surface area contributed by atoms with Gasteiger partial charge in [-0.2, -0.15) is 0 Å². The molecular formula is C10H12ClFO. The Hall–Kier alpha value is -0.760. The van der Waals surface area contributed by atoms with Gasteiger partial charge >= 0.3 is 0 Å². The lowest BCUT2D eigenvalue weighted by atomic mass is 10.2. The summed E-state index contributed by atoms with van der Waals surface area (Å²) in [6, 6.07) is 6.03. The van der Waals surface area contributed by atoms with E-state index in [9.17, 15) is 4.39 Å². The Bertz CT molecular complexity index is 286. The molecule has 1 aromatic carbocycles. The fraction of sp³-hybridized carbons (Fsp3) is 0.400. The van der Waals surface area contributed by atoms with Crippen molar-refractivity contribution in [1.29, 1.82) is 0 Å². The van der Waals surface area contributed by atoms with Gasteiger partial charge in [0.2, 0.25) is 0 Å². The van der Waals surface area contributed by atoms with Crippen molar-refractivity contribution in [2.45, 2.75) is 19.4 Å². The van der Waals surface area contributed by atoms with E-state index in [1.54, 1.807) is 12.1 Å². The normalized spacial score (nSPS) is 11.4. The molecule has 0 unspecified atom stereocenters. The highest BCUT2D eigenvalue weighted by Gasteiger charge is 2.17. The Kier molecular flexibility index (Phi) is 3.15. The zero-order valence-electron chi connectivity index (χ0n) is 7.68. The molecule has 13 heavy (non-hydrogen) atoms. The Labute approximate surface area is 82.5 Å². The first kappa shape index (κ1) is 10.3. The van der Waals surface area contributed by atoms with Crippen molar-refractivity contribution in [2.75, 3.05) is 5.88 Å². The van der Waals surface area contributed by atoms with Crippen molar-refractivity contribution < 1.29 is 9.13 Å². The van der Waals surface area contributed by atoms with Gasteiger partial charge in [-0.3, -0.25) is 0 Å².